The van der Waals surface area contributed by atoms with Crippen LogP contribution in [0.1, 0.15) is 24.8 Å². The fourth-order valence-electron chi connectivity index (χ4n) is 2.31. The van der Waals surface area contributed by atoms with Crippen LogP contribution in [0.25, 0.3) is 0 Å². The first-order valence-corrected chi connectivity index (χ1v) is 7.11. The number of rotatable bonds is 8. The number of benzene rings is 1. The lowest BCUT2D eigenvalue weighted by atomic mass is 10.0. The van der Waals surface area contributed by atoms with Crippen LogP contribution in [-0.2, 0) is 11.3 Å². The molecule has 1 fully saturated rings. The van der Waals surface area contributed by atoms with Crippen molar-refractivity contribution in [1.29, 1.82) is 0 Å². The summed E-state index contributed by atoms with van der Waals surface area (Å²) in [7, 11) is 0. The number of nitrogens with two attached hydrogens (primary N) is 1. The highest BCUT2D eigenvalue weighted by Gasteiger charge is 2.42. The molecular formula is C15H22N4O2. The third-order valence-corrected chi connectivity index (χ3v) is 3.76. The van der Waals surface area contributed by atoms with E-state index in [4.69, 9.17) is 10.9 Å². The molecule has 0 radical (unpaired) electrons. The number of oxime groups is 1. The van der Waals surface area contributed by atoms with Crippen LogP contribution in [0, 0.1) is 5.41 Å². The standard InChI is InChI=1S/C15H22N4O2/c16-13(19-21)8-15(6-7-15)11-17-10-14(20)18-9-12-4-2-1-3-5-12/h1-5,17,21H,6-11H2,(H2,16,19)(H,18,20). The fourth-order valence-corrected chi connectivity index (χ4v) is 2.31. The van der Waals surface area contributed by atoms with Crippen molar-refractivity contribution in [2.24, 2.45) is 16.3 Å². The topological polar surface area (TPSA) is 99.7 Å². The fraction of sp³-hybridized carbons (Fsp3) is 0.467. The van der Waals surface area contributed by atoms with Crippen LogP contribution >= 0.6 is 0 Å². The van der Waals surface area contributed by atoms with Crippen molar-refractivity contribution in [2.45, 2.75) is 25.8 Å². The first kappa shape index (κ1) is 15.3. The summed E-state index contributed by atoms with van der Waals surface area (Å²) >= 11 is 0. The van der Waals surface area contributed by atoms with E-state index >= 15 is 0 Å². The van der Waals surface area contributed by atoms with Gasteiger partial charge in [-0.15, -0.1) is 0 Å². The molecule has 1 aliphatic carbocycles. The minimum atomic E-state index is -0.0292. The predicted octanol–water partition coefficient (Wildman–Crippen LogP) is 0.809. The third-order valence-electron chi connectivity index (χ3n) is 3.76. The molecule has 0 spiro atoms. The number of amidine groups is 1. The average molecular weight is 290 g/mol. The van der Waals surface area contributed by atoms with E-state index < -0.39 is 0 Å². The molecule has 6 nitrogen and oxygen atoms in total. The third kappa shape index (κ3) is 5.07. The zero-order valence-corrected chi connectivity index (χ0v) is 12.0. The molecule has 6 heteroatoms. The Morgan fingerprint density at radius 3 is 2.67 bits per heavy atom. The Morgan fingerprint density at radius 1 is 1.33 bits per heavy atom. The largest absolute Gasteiger partial charge is 0.409 e. The molecular weight excluding hydrogens is 268 g/mol. The molecule has 0 unspecified atom stereocenters. The van der Waals surface area contributed by atoms with Gasteiger partial charge in [-0.05, 0) is 23.8 Å². The second-order valence-electron chi connectivity index (χ2n) is 5.63. The van der Waals surface area contributed by atoms with Gasteiger partial charge in [0.05, 0.1) is 6.54 Å². The van der Waals surface area contributed by atoms with E-state index in [1.807, 2.05) is 30.3 Å². The van der Waals surface area contributed by atoms with Crippen LogP contribution in [0.2, 0.25) is 0 Å². The van der Waals surface area contributed by atoms with Gasteiger partial charge in [-0.3, -0.25) is 4.79 Å². The quantitative estimate of drug-likeness (QED) is 0.246. The SMILES string of the molecule is NC(CC1(CNCC(=O)NCc2ccccc2)CC1)=NO. The molecule has 21 heavy (non-hydrogen) atoms. The molecule has 0 atom stereocenters. The minimum absolute atomic E-state index is 0.0292. The van der Waals surface area contributed by atoms with Gasteiger partial charge in [-0.1, -0.05) is 35.5 Å². The molecule has 2 rings (SSSR count). The summed E-state index contributed by atoms with van der Waals surface area (Å²) in [5.41, 5.74) is 6.68. The molecule has 1 amide bonds. The molecule has 0 saturated heterocycles. The van der Waals surface area contributed by atoms with E-state index in [0.29, 0.717) is 19.5 Å². The lowest BCUT2D eigenvalue weighted by Gasteiger charge is -2.15. The van der Waals surface area contributed by atoms with Gasteiger partial charge >= 0.3 is 0 Å². The number of carbonyl (C=O) groups excluding carboxylic acids is 1. The molecule has 114 valence electrons. The van der Waals surface area contributed by atoms with Gasteiger partial charge in [0.15, 0.2) is 0 Å². The van der Waals surface area contributed by atoms with Crippen LogP contribution in [0.15, 0.2) is 35.5 Å². The minimum Gasteiger partial charge on any atom is -0.409 e. The number of hydrogen-bond acceptors (Lipinski definition) is 4. The summed E-state index contributed by atoms with van der Waals surface area (Å²) in [6.07, 6.45) is 2.66. The maximum atomic E-state index is 11.7. The Hall–Kier alpha value is -2.08. The van der Waals surface area contributed by atoms with Crippen molar-refractivity contribution in [3.8, 4) is 0 Å². The Kier molecular flexibility index (Phi) is 5.16. The highest BCUT2D eigenvalue weighted by atomic mass is 16.4. The lowest BCUT2D eigenvalue weighted by molar-refractivity contribution is -0.120. The highest BCUT2D eigenvalue weighted by molar-refractivity contribution is 5.80. The van der Waals surface area contributed by atoms with E-state index in [2.05, 4.69) is 15.8 Å². The predicted molar refractivity (Wildman–Crippen MR) is 80.9 cm³/mol. The normalized spacial score (nSPS) is 16.5. The number of nitrogens with one attached hydrogen (secondary N) is 2. The highest BCUT2D eigenvalue weighted by Crippen LogP contribution is 2.48. The first-order valence-electron chi connectivity index (χ1n) is 7.11. The molecule has 1 aromatic rings. The van der Waals surface area contributed by atoms with E-state index in [9.17, 15) is 4.79 Å². The van der Waals surface area contributed by atoms with Gasteiger partial charge in [0.1, 0.15) is 5.84 Å². The molecule has 1 aromatic carbocycles. The first-order chi connectivity index (χ1) is 10.1. The molecule has 0 aromatic heterocycles. The van der Waals surface area contributed by atoms with E-state index in [1.165, 1.54) is 0 Å². The second kappa shape index (κ2) is 7.08. The summed E-state index contributed by atoms with van der Waals surface area (Å²) in [6, 6.07) is 9.80. The van der Waals surface area contributed by atoms with Crippen LogP contribution in [0.4, 0.5) is 0 Å². The van der Waals surface area contributed by atoms with Crippen LogP contribution in [0.3, 0.4) is 0 Å². The summed E-state index contributed by atoms with van der Waals surface area (Å²) in [4.78, 5) is 11.7. The van der Waals surface area contributed by atoms with Crippen molar-refractivity contribution >= 4 is 11.7 Å². The lowest BCUT2D eigenvalue weighted by Crippen LogP contribution is -2.37. The van der Waals surface area contributed by atoms with Crippen LogP contribution in [-0.4, -0.2) is 30.0 Å². The molecule has 5 N–H and O–H groups in total. The van der Waals surface area contributed by atoms with Gasteiger partial charge in [0.2, 0.25) is 5.91 Å². The van der Waals surface area contributed by atoms with Crippen LogP contribution in [0.5, 0.6) is 0 Å². The van der Waals surface area contributed by atoms with Gasteiger partial charge in [0.25, 0.3) is 0 Å². The summed E-state index contributed by atoms with van der Waals surface area (Å²) in [5, 5.41) is 17.6. The summed E-state index contributed by atoms with van der Waals surface area (Å²) in [6.45, 7) is 1.53. The van der Waals surface area contributed by atoms with E-state index in [1.54, 1.807) is 0 Å². The van der Waals surface area contributed by atoms with Gasteiger partial charge in [-0.2, -0.15) is 0 Å². The van der Waals surface area contributed by atoms with Crippen molar-refractivity contribution in [2.75, 3.05) is 13.1 Å². The smallest absolute Gasteiger partial charge is 0.234 e. The number of amides is 1. The molecule has 0 heterocycles. The Bertz CT molecular complexity index is 498. The van der Waals surface area contributed by atoms with Crippen molar-refractivity contribution < 1.29 is 10.0 Å². The van der Waals surface area contributed by atoms with Crippen molar-refractivity contribution in [1.82, 2.24) is 10.6 Å². The Balaban J connectivity index is 1.63. The van der Waals surface area contributed by atoms with Crippen LogP contribution < -0.4 is 16.4 Å². The Morgan fingerprint density at radius 2 is 2.05 bits per heavy atom. The number of nitrogens with zero attached hydrogens (tertiary/aromatic N) is 1. The number of carbonyl (C=O) groups is 1. The molecule has 0 aliphatic heterocycles. The second-order valence-corrected chi connectivity index (χ2v) is 5.63. The number of hydrogen-bond donors (Lipinski definition) is 4. The molecule has 1 saturated carbocycles. The van der Waals surface area contributed by atoms with Crippen molar-refractivity contribution in [3.05, 3.63) is 35.9 Å². The zero-order valence-electron chi connectivity index (χ0n) is 12.0. The molecule has 0 bridgehead atoms. The maximum Gasteiger partial charge on any atom is 0.234 e. The molecule has 1 aliphatic rings. The van der Waals surface area contributed by atoms with Gasteiger partial charge in [0, 0.05) is 19.5 Å². The van der Waals surface area contributed by atoms with Gasteiger partial charge in [-0.25, -0.2) is 0 Å². The summed E-state index contributed by atoms with van der Waals surface area (Å²) < 4.78 is 0. The van der Waals surface area contributed by atoms with E-state index in [-0.39, 0.29) is 23.7 Å². The van der Waals surface area contributed by atoms with Crippen molar-refractivity contribution in [3.63, 3.8) is 0 Å². The Labute approximate surface area is 124 Å². The van der Waals surface area contributed by atoms with E-state index in [0.717, 1.165) is 18.4 Å². The monoisotopic (exact) mass is 290 g/mol. The zero-order chi connectivity index (χ0) is 15.1. The maximum absolute atomic E-state index is 11.7. The summed E-state index contributed by atoms with van der Waals surface area (Å²) in [5.74, 6) is 0.223. The van der Waals surface area contributed by atoms with Gasteiger partial charge < -0.3 is 21.6 Å². The average Bonchev–Trinajstić information content (AvgIpc) is 3.25.